The summed E-state index contributed by atoms with van der Waals surface area (Å²) in [6, 6.07) is 1.85. The number of aryl methyl sites for hydroxylation is 1. The number of fused-ring (bicyclic) bond motifs is 1. The summed E-state index contributed by atoms with van der Waals surface area (Å²) >= 11 is 1.74. The number of thioether (sulfide) groups is 1. The van der Waals surface area contributed by atoms with E-state index in [9.17, 15) is 13.6 Å². The first-order valence-electron chi connectivity index (χ1n) is 6.54. The minimum atomic E-state index is -1.03. The molecule has 0 aliphatic rings. The molecule has 114 valence electrons. The highest BCUT2D eigenvalue weighted by Crippen LogP contribution is 2.13. The SMILES string of the molecule is COCCSCCCn1cnc2cc(F)c(F)cc2c1=O. The molecule has 2 aromatic rings. The van der Waals surface area contributed by atoms with Gasteiger partial charge in [-0.25, -0.2) is 13.8 Å². The first kappa shape index (κ1) is 15.9. The Morgan fingerprint density at radius 1 is 1.29 bits per heavy atom. The van der Waals surface area contributed by atoms with Gasteiger partial charge in [0.1, 0.15) is 0 Å². The van der Waals surface area contributed by atoms with Gasteiger partial charge in [-0.3, -0.25) is 9.36 Å². The quantitative estimate of drug-likeness (QED) is 0.736. The van der Waals surface area contributed by atoms with E-state index >= 15 is 0 Å². The third-order valence-corrected chi connectivity index (χ3v) is 4.02. The van der Waals surface area contributed by atoms with Crippen LogP contribution in [0.3, 0.4) is 0 Å². The van der Waals surface area contributed by atoms with Gasteiger partial charge in [0, 0.05) is 25.5 Å². The Kier molecular flexibility index (Phi) is 5.69. The average Bonchev–Trinajstić information content (AvgIpc) is 2.47. The Morgan fingerprint density at radius 3 is 2.81 bits per heavy atom. The van der Waals surface area contributed by atoms with Gasteiger partial charge in [-0.2, -0.15) is 11.8 Å². The van der Waals surface area contributed by atoms with Gasteiger partial charge in [0.25, 0.3) is 5.56 Å². The Morgan fingerprint density at radius 2 is 2.05 bits per heavy atom. The number of hydrogen-bond donors (Lipinski definition) is 0. The topological polar surface area (TPSA) is 44.1 Å². The third-order valence-electron chi connectivity index (χ3n) is 2.99. The van der Waals surface area contributed by atoms with E-state index in [4.69, 9.17) is 4.74 Å². The first-order valence-corrected chi connectivity index (χ1v) is 7.70. The number of halogens is 2. The molecule has 0 amide bonds. The van der Waals surface area contributed by atoms with Gasteiger partial charge >= 0.3 is 0 Å². The number of aromatic nitrogens is 2. The molecule has 1 aromatic carbocycles. The zero-order valence-electron chi connectivity index (χ0n) is 11.6. The molecule has 0 aliphatic carbocycles. The van der Waals surface area contributed by atoms with E-state index in [1.807, 2.05) is 0 Å². The van der Waals surface area contributed by atoms with Gasteiger partial charge in [0.15, 0.2) is 11.6 Å². The summed E-state index contributed by atoms with van der Waals surface area (Å²) in [5.74, 6) is -0.228. The first-order chi connectivity index (χ1) is 10.1. The fourth-order valence-electron chi connectivity index (χ4n) is 1.89. The lowest BCUT2D eigenvalue weighted by Gasteiger charge is -2.07. The average molecular weight is 314 g/mol. The van der Waals surface area contributed by atoms with E-state index in [1.54, 1.807) is 18.9 Å². The standard InChI is InChI=1S/C14H16F2N2O2S/c1-20-4-6-21-5-2-3-18-9-17-13-8-12(16)11(15)7-10(13)14(18)19/h7-9H,2-6H2,1H3. The Labute approximate surface area is 125 Å². The number of benzene rings is 1. The number of ether oxygens (including phenoxy) is 1. The van der Waals surface area contributed by atoms with Crippen LogP contribution in [0, 0.1) is 11.6 Å². The Hall–Kier alpha value is -1.47. The number of nitrogens with zero attached hydrogens (tertiary/aromatic N) is 2. The molecule has 0 radical (unpaired) electrons. The van der Waals surface area contributed by atoms with E-state index in [2.05, 4.69) is 4.98 Å². The van der Waals surface area contributed by atoms with Crippen LogP contribution >= 0.6 is 11.8 Å². The smallest absolute Gasteiger partial charge is 0.261 e. The van der Waals surface area contributed by atoms with Crippen molar-refractivity contribution >= 4 is 22.7 Å². The van der Waals surface area contributed by atoms with Gasteiger partial charge in [-0.1, -0.05) is 0 Å². The lowest BCUT2D eigenvalue weighted by Crippen LogP contribution is -2.21. The van der Waals surface area contributed by atoms with Crippen molar-refractivity contribution in [2.24, 2.45) is 0 Å². The molecule has 0 spiro atoms. The van der Waals surface area contributed by atoms with Gasteiger partial charge in [0.05, 0.1) is 23.8 Å². The molecule has 0 saturated carbocycles. The van der Waals surface area contributed by atoms with Crippen molar-refractivity contribution in [3.8, 4) is 0 Å². The molecule has 0 unspecified atom stereocenters. The van der Waals surface area contributed by atoms with E-state index in [-0.39, 0.29) is 16.5 Å². The Bertz CT molecular complexity index is 676. The molecule has 1 aromatic heterocycles. The largest absolute Gasteiger partial charge is 0.384 e. The molecular weight excluding hydrogens is 298 g/mol. The minimum Gasteiger partial charge on any atom is -0.384 e. The molecule has 0 atom stereocenters. The van der Waals surface area contributed by atoms with Crippen molar-refractivity contribution in [1.82, 2.24) is 9.55 Å². The molecule has 7 heteroatoms. The highest BCUT2D eigenvalue weighted by molar-refractivity contribution is 7.99. The monoisotopic (exact) mass is 314 g/mol. The van der Waals surface area contributed by atoms with Crippen molar-refractivity contribution in [1.29, 1.82) is 0 Å². The van der Waals surface area contributed by atoms with Crippen LogP contribution in [0.2, 0.25) is 0 Å². The summed E-state index contributed by atoms with van der Waals surface area (Å²) in [6.07, 6.45) is 2.17. The summed E-state index contributed by atoms with van der Waals surface area (Å²) in [6.45, 7) is 1.20. The predicted octanol–water partition coefficient (Wildman–Crippen LogP) is 2.44. The van der Waals surface area contributed by atoms with E-state index in [0.29, 0.717) is 13.2 Å². The van der Waals surface area contributed by atoms with Crippen LogP contribution in [-0.2, 0) is 11.3 Å². The second kappa shape index (κ2) is 7.51. The van der Waals surface area contributed by atoms with Crippen molar-refractivity contribution < 1.29 is 13.5 Å². The van der Waals surface area contributed by atoms with Crippen LogP contribution in [0.5, 0.6) is 0 Å². The lowest BCUT2D eigenvalue weighted by molar-refractivity contribution is 0.218. The summed E-state index contributed by atoms with van der Waals surface area (Å²) in [5, 5.41) is 0.100. The molecule has 0 aliphatic heterocycles. The molecule has 1 heterocycles. The van der Waals surface area contributed by atoms with E-state index < -0.39 is 11.6 Å². The minimum absolute atomic E-state index is 0.100. The Balaban J connectivity index is 2.06. The second-order valence-electron chi connectivity index (χ2n) is 4.49. The van der Waals surface area contributed by atoms with Gasteiger partial charge < -0.3 is 4.74 Å². The molecule has 4 nitrogen and oxygen atoms in total. The summed E-state index contributed by atoms with van der Waals surface area (Å²) in [4.78, 5) is 16.2. The summed E-state index contributed by atoms with van der Waals surface area (Å²) in [7, 11) is 1.66. The molecule has 0 saturated heterocycles. The number of rotatable bonds is 7. The maximum atomic E-state index is 13.2. The van der Waals surface area contributed by atoms with Crippen LogP contribution < -0.4 is 5.56 Å². The molecular formula is C14H16F2N2O2S. The number of hydrogen-bond acceptors (Lipinski definition) is 4. The van der Waals surface area contributed by atoms with Crippen LogP contribution in [0.25, 0.3) is 10.9 Å². The molecule has 0 fully saturated rings. The summed E-state index contributed by atoms with van der Waals surface area (Å²) < 4.78 is 32.7. The predicted molar refractivity (Wildman–Crippen MR) is 79.7 cm³/mol. The van der Waals surface area contributed by atoms with Crippen molar-refractivity contribution in [3.05, 3.63) is 40.4 Å². The highest BCUT2D eigenvalue weighted by atomic mass is 32.2. The van der Waals surface area contributed by atoms with Gasteiger partial charge in [-0.05, 0) is 18.2 Å². The van der Waals surface area contributed by atoms with Crippen molar-refractivity contribution in [2.45, 2.75) is 13.0 Å². The van der Waals surface area contributed by atoms with Crippen LogP contribution in [-0.4, -0.2) is 34.8 Å². The molecule has 0 bridgehead atoms. The van der Waals surface area contributed by atoms with E-state index in [1.165, 1.54) is 10.9 Å². The lowest BCUT2D eigenvalue weighted by atomic mass is 10.2. The fraction of sp³-hybridized carbons (Fsp3) is 0.429. The fourth-order valence-corrected chi connectivity index (χ4v) is 2.72. The highest BCUT2D eigenvalue weighted by Gasteiger charge is 2.09. The van der Waals surface area contributed by atoms with Crippen LogP contribution in [0.15, 0.2) is 23.3 Å². The van der Waals surface area contributed by atoms with E-state index in [0.717, 1.165) is 30.1 Å². The molecule has 21 heavy (non-hydrogen) atoms. The third kappa shape index (κ3) is 4.01. The maximum Gasteiger partial charge on any atom is 0.261 e. The summed E-state index contributed by atoms with van der Waals surface area (Å²) in [5.41, 5.74) is -0.176. The maximum absolute atomic E-state index is 13.2. The van der Waals surface area contributed by atoms with Crippen molar-refractivity contribution in [3.63, 3.8) is 0 Å². The molecule has 0 N–H and O–H groups in total. The van der Waals surface area contributed by atoms with Gasteiger partial charge in [0.2, 0.25) is 0 Å². The second-order valence-corrected chi connectivity index (χ2v) is 5.71. The van der Waals surface area contributed by atoms with Gasteiger partial charge in [-0.15, -0.1) is 0 Å². The van der Waals surface area contributed by atoms with Crippen molar-refractivity contribution in [2.75, 3.05) is 25.2 Å². The van der Waals surface area contributed by atoms with Crippen LogP contribution in [0.1, 0.15) is 6.42 Å². The zero-order chi connectivity index (χ0) is 15.2. The van der Waals surface area contributed by atoms with Crippen LogP contribution in [0.4, 0.5) is 8.78 Å². The zero-order valence-corrected chi connectivity index (χ0v) is 12.5. The molecule has 2 rings (SSSR count). The number of methoxy groups -OCH3 is 1. The normalized spacial score (nSPS) is 11.2.